The highest BCUT2D eigenvalue weighted by Gasteiger charge is 2.16. The normalized spacial score (nSPS) is 12.7. The minimum Gasteiger partial charge on any atom is -0.320 e. The van der Waals surface area contributed by atoms with Gasteiger partial charge in [0, 0.05) is 15.3 Å². The van der Waals surface area contributed by atoms with Crippen LogP contribution in [0.5, 0.6) is 0 Å². The van der Waals surface area contributed by atoms with Crippen molar-refractivity contribution < 1.29 is 8.78 Å². The number of hydrogen-bond acceptors (Lipinski definition) is 2. The fourth-order valence-corrected chi connectivity index (χ4v) is 2.63. The first-order valence-electron chi connectivity index (χ1n) is 5.41. The zero-order valence-corrected chi connectivity index (χ0v) is 10.2. The number of aryl methyl sites for hydroxylation is 1. The maximum atomic E-state index is 13.6. The van der Waals surface area contributed by atoms with Crippen LogP contribution in [0.15, 0.2) is 30.3 Å². The number of rotatable bonds is 3. The van der Waals surface area contributed by atoms with Crippen LogP contribution in [0, 0.1) is 11.6 Å². The number of nitrogens with two attached hydrogens (primary N) is 1. The van der Waals surface area contributed by atoms with Gasteiger partial charge in [-0.2, -0.15) is 0 Å². The summed E-state index contributed by atoms with van der Waals surface area (Å²) >= 11 is 1.54. The Morgan fingerprint density at radius 3 is 2.65 bits per heavy atom. The van der Waals surface area contributed by atoms with Gasteiger partial charge in [-0.25, -0.2) is 8.78 Å². The van der Waals surface area contributed by atoms with Crippen LogP contribution in [0.25, 0.3) is 0 Å². The van der Waals surface area contributed by atoms with E-state index in [4.69, 9.17) is 5.73 Å². The largest absolute Gasteiger partial charge is 0.320 e. The first-order valence-corrected chi connectivity index (χ1v) is 6.22. The summed E-state index contributed by atoms with van der Waals surface area (Å²) in [5, 5.41) is 0. The van der Waals surface area contributed by atoms with E-state index in [1.807, 2.05) is 19.1 Å². The predicted octanol–water partition coefficient (Wildman–Crippen LogP) is 3.64. The van der Waals surface area contributed by atoms with Gasteiger partial charge in [0.15, 0.2) is 0 Å². The summed E-state index contributed by atoms with van der Waals surface area (Å²) in [7, 11) is 0. The van der Waals surface area contributed by atoms with Crippen molar-refractivity contribution in [3.63, 3.8) is 0 Å². The molecule has 0 aliphatic carbocycles. The van der Waals surface area contributed by atoms with Crippen molar-refractivity contribution in [3.05, 3.63) is 57.3 Å². The van der Waals surface area contributed by atoms with Crippen LogP contribution >= 0.6 is 11.3 Å². The molecule has 0 fully saturated rings. The minimum absolute atomic E-state index is 0.203. The third kappa shape index (κ3) is 2.53. The Kier molecular flexibility index (Phi) is 3.54. The summed E-state index contributed by atoms with van der Waals surface area (Å²) in [6.07, 6.45) is 0.920. The standard InChI is InChI=1S/C13H13F2NS/c1-2-9-4-6-12(17-9)13(16)10-7-8(14)3-5-11(10)15/h3-7,13H,2,16H2,1H3. The highest BCUT2D eigenvalue weighted by molar-refractivity contribution is 7.12. The number of hydrogen-bond donors (Lipinski definition) is 1. The van der Waals surface area contributed by atoms with Crippen LogP contribution in [-0.2, 0) is 6.42 Å². The van der Waals surface area contributed by atoms with E-state index in [0.29, 0.717) is 0 Å². The molecule has 1 unspecified atom stereocenters. The Bertz CT molecular complexity index is 522. The molecule has 0 bridgehead atoms. The molecule has 0 saturated carbocycles. The molecule has 4 heteroatoms. The first-order chi connectivity index (χ1) is 8.11. The molecule has 1 nitrogen and oxygen atoms in total. The van der Waals surface area contributed by atoms with Crippen LogP contribution in [0.1, 0.15) is 28.3 Å². The molecule has 2 rings (SSSR count). The fourth-order valence-electron chi connectivity index (χ4n) is 1.66. The monoisotopic (exact) mass is 253 g/mol. The topological polar surface area (TPSA) is 26.0 Å². The SMILES string of the molecule is CCc1ccc(C(N)c2cc(F)ccc2F)s1. The third-order valence-electron chi connectivity index (χ3n) is 2.63. The molecule has 17 heavy (non-hydrogen) atoms. The molecule has 1 heterocycles. The van der Waals surface area contributed by atoms with Gasteiger partial charge in [-0.3, -0.25) is 0 Å². The molecule has 1 atom stereocenters. The summed E-state index contributed by atoms with van der Waals surface area (Å²) in [5.41, 5.74) is 6.16. The molecular formula is C13H13F2NS. The van der Waals surface area contributed by atoms with Gasteiger partial charge in [0.1, 0.15) is 11.6 Å². The van der Waals surface area contributed by atoms with E-state index in [9.17, 15) is 8.78 Å². The average Bonchev–Trinajstić information content (AvgIpc) is 2.80. The van der Waals surface area contributed by atoms with Gasteiger partial charge in [-0.15, -0.1) is 11.3 Å². The fraction of sp³-hybridized carbons (Fsp3) is 0.231. The lowest BCUT2D eigenvalue weighted by molar-refractivity contribution is 0.578. The summed E-state index contributed by atoms with van der Waals surface area (Å²) in [6, 6.07) is 6.60. The lowest BCUT2D eigenvalue weighted by Crippen LogP contribution is -2.12. The van der Waals surface area contributed by atoms with Gasteiger partial charge in [0.05, 0.1) is 6.04 Å². The lowest BCUT2D eigenvalue weighted by Gasteiger charge is -2.11. The predicted molar refractivity (Wildman–Crippen MR) is 66.1 cm³/mol. The second kappa shape index (κ2) is 4.94. The number of halogens is 2. The molecular weight excluding hydrogens is 240 g/mol. The quantitative estimate of drug-likeness (QED) is 0.888. The van der Waals surface area contributed by atoms with E-state index < -0.39 is 17.7 Å². The Balaban J connectivity index is 2.35. The van der Waals surface area contributed by atoms with Gasteiger partial charge in [-0.05, 0) is 36.8 Å². The second-order valence-electron chi connectivity index (χ2n) is 3.80. The smallest absolute Gasteiger partial charge is 0.128 e. The molecule has 90 valence electrons. The molecule has 0 amide bonds. The molecule has 0 aliphatic heterocycles. The summed E-state index contributed by atoms with van der Waals surface area (Å²) in [6.45, 7) is 2.05. The molecule has 1 aromatic carbocycles. The zero-order valence-electron chi connectivity index (χ0n) is 9.41. The molecule has 0 spiro atoms. The van der Waals surface area contributed by atoms with E-state index in [0.717, 1.165) is 29.5 Å². The van der Waals surface area contributed by atoms with E-state index in [2.05, 4.69) is 0 Å². The van der Waals surface area contributed by atoms with Crippen molar-refractivity contribution in [2.24, 2.45) is 5.73 Å². The van der Waals surface area contributed by atoms with Gasteiger partial charge in [0.25, 0.3) is 0 Å². The Labute approximate surface area is 103 Å². The van der Waals surface area contributed by atoms with Gasteiger partial charge in [-0.1, -0.05) is 6.92 Å². The van der Waals surface area contributed by atoms with Crippen molar-refractivity contribution in [2.75, 3.05) is 0 Å². The van der Waals surface area contributed by atoms with Crippen molar-refractivity contribution in [1.29, 1.82) is 0 Å². The summed E-state index contributed by atoms with van der Waals surface area (Å²) in [4.78, 5) is 2.04. The van der Waals surface area contributed by atoms with Crippen LogP contribution in [0.4, 0.5) is 8.78 Å². The third-order valence-corrected chi connectivity index (χ3v) is 3.94. The molecule has 1 aromatic heterocycles. The van der Waals surface area contributed by atoms with E-state index in [1.54, 1.807) is 0 Å². The second-order valence-corrected chi connectivity index (χ2v) is 5.00. The van der Waals surface area contributed by atoms with E-state index >= 15 is 0 Å². The van der Waals surface area contributed by atoms with Crippen LogP contribution in [0.2, 0.25) is 0 Å². The van der Waals surface area contributed by atoms with Crippen LogP contribution in [-0.4, -0.2) is 0 Å². The molecule has 0 radical (unpaired) electrons. The number of thiophene rings is 1. The minimum atomic E-state index is -0.601. The zero-order chi connectivity index (χ0) is 12.4. The highest BCUT2D eigenvalue weighted by Crippen LogP contribution is 2.28. The van der Waals surface area contributed by atoms with Gasteiger partial charge in [0.2, 0.25) is 0 Å². The highest BCUT2D eigenvalue weighted by atomic mass is 32.1. The van der Waals surface area contributed by atoms with Gasteiger partial charge < -0.3 is 5.73 Å². The van der Waals surface area contributed by atoms with Crippen molar-refractivity contribution in [3.8, 4) is 0 Å². The van der Waals surface area contributed by atoms with Crippen LogP contribution in [0.3, 0.4) is 0 Å². The average molecular weight is 253 g/mol. The van der Waals surface area contributed by atoms with Crippen molar-refractivity contribution in [2.45, 2.75) is 19.4 Å². The summed E-state index contributed by atoms with van der Waals surface area (Å²) in [5.74, 6) is -0.936. The van der Waals surface area contributed by atoms with E-state index in [1.165, 1.54) is 16.2 Å². The molecule has 0 saturated heterocycles. The Hall–Kier alpha value is -1.26. The van der Waals surface area contributed by atoms with Gasteiger partial charge >= 0.3 is 0 Å². The maximum absolute atomic E-state index is 13.6. The molecule has 2 N–H and O–H groups in total. The van der Waals surface area contributed by atoms with Crippen molar-refractivity contribution in [1.82, 2.24) is 0 Å². The molecule has 2 aromatic rings. The van der Waals surface area contributed by atoms with Crippen molar-refractivity contribution >= 4 is 11.3 Å². The Morgan fingerprint density at radius 2 is 2.00 bits per heavy atom. The molecule has 0 aliphatic rings. The van der Waals surface area contributed by atoms with Crippen LogP contribution < -0.4 is 5.73 Å². The Morgan fingerprint density at radius 1 is 1.24 bits per heavy atom. The maximum Gasteiger partial charge on any atom is 0.128 e. The lowest BCUT2D eigenvalue weighted by atomic mass is 10.1. The first kappa shape index (κ1) is 12.2. The van der Waals surface area contributed by atoms with E-state index in [-0.39, 0.29) is 5.56 Å². The number of benzene rings is 1. The summed E-state index contributed by atoms with van der Waals surface area (Å²) < 4.78 is 26.6.